The molecule has 0 bridgehead atoms. The van der Waals surface area contributed by atoms with E-state index in [4.69, 9.17) is 4.74 Å². The fraction of sp³-hybridized carbons (Fsp3) is 0.300. The number of nitrogens with zero attached hydrogens (tertiary/aromatic N) is 3. The van der Waals surface area contributed by atoms with Crippen molar-refractivity contribution in [2.45, 2.75) is 25.3 Å². The highest BCUT2D eigenvalue weighted by atomic mass is 19.1. The average molecular weight is 351 g/mol. The van der Waals surface area contributed by atoms with Gasteiger partial charge in [0.1, 0.15) is 17.2 Å². The minimum Gasteiger partial charge on any atom is -0.496 e. The summed E-state index contributed by atoms with van der Waals surface area (Å²) in [6.45, 7) is 0.751. The minimum absolute atomic E-state index is 0.0670. The van der Waals surface area contributed by atoms with Crippen molar-refractivity contribution in [2.75, 3.05) is 13.7 Å². The third kappa shape index (κ3) is 2.29. The molecule has 1 aliphatic heterocycles. The third-order valence-electron chi connectivity index (χ3n) is 5.26. The number of hydrogen-bond acceptors (Lipinski definition) is 3. The summed E-state index contributed by atoms with van der Waals surface area (Å²) in [4.78, 5) is 19.2. The Hall–Kier alpha value is -2.89. The van der Waals surface area contributed by atoms with Gasteiger partial charge < -0.3 is 9.64 Å². The third-order valence-corrected chi connectivity index (χ3v) is 5.26. The summed E-state index contributed by atoms with van der Waals surface area (Å²) < 4.78 is 20.8. The van der Waals surface area contributed by atoms with Crippen molar-refractivity contribution >= 4 is 11.6 Å². The molecule has 2 aromatic heterocycles. The Balaban J connectivity index is 1.64. The number of halogens is 1. The van der Waals surface area contributed by atoms with E-state index < -0.39 is 0 Å². The molecule has 26 heavy (non-hydrogen) atoms. The monoisotopic (exact) mass is 351 g/mol. The van der Waals surface area contributed by atoms with E-state index in [2.05, 4.69) is 4.98 Å². The number of methoxy groups -OCH3 is 1. The van der Waals surface area contributed by atoms with Crippen LogP contribution in [0.2, 0.25) is 0 Å². The Labute approximate surface area is 150 Å². The quantitative estimate of drug-likeness (QED) is 0.727. The molecule has 1 amide bonds. The molecule has 132 valence electrons. The SMILES string of the molecule is COc1cc(-c2cnc3cc(F)ccn23)cc2c1C(=O)N(C1CC1)CC2. The van der Waals surface area contributed by atoms with E-state index in [1.54, 1.807) is 19.5 Å². The van der Waals surface area contributed by atoms with E-state index in [1.165, 1.54) is 12.1 Å². The van der Waals surface area contributed by atoms with Crippen molar-refractivity contribution in [3.63, 3.8) is 0 Å². The van der Waals surface area contributed by atoms with Crippen molar-refractivity contribution in [1.29, 1.82) is 0 Å². The summed E-state index contributed by atoms with van der Waals surface area (Å²) in [6.07, 6.45) is 6.39. The molecule has 1 aromatic carbocycles. The van der Waals surface area contributed by atoms with E-state index in [-0.39, 0.29) is 11.7 Å². The molecule has 3 aromatic rings. The second-order valence-corrected chi connectivity index (χ2v) is 6.91. The maximum Gasteiger partial charge on any atom is 0.258 e. The molecule has 6 heteroatoms. The first-order valence-corrected chi connectivity index (χ1v) is 8.80. The lowest BCUT2D eigenvalue weighted by atomic mass is 9.94. The lowest BCUT2D eigenvalue weighted by Crippen LogP contribution is -2.39. The zero-order valence-corrected chi connectivity index (χ0v) is 14.4. The number of carbonyl (C=O) groups excluding carboxylic acids is 1. The highest BCUT2D eigenvalue weighted by Crippen LogP contribution is 2.37. The van der Waals surface area contributed by atoms with Gasteiger partial charge in [0.25, 0.3) is 5.91 Å². The molecule has 0 atom stereocenters. The summed E-state index contributed by atoms with van der Waals surface area (Å²) in [5, 5.41) is 0. The van der Waals surface area contributed by atoms with Crippen LogP contribution >= 0.6 is 0 Å². The van der Waals surface area contributed by atoms with E-state index in [9.17, 15) is 9.18 Å². The van der Waals surface area contributed by atoms with Gasteiger partial charge >= 0.3 is 0 Å². The van der Waals surface area contributed by atoms with Crippen LogP contribution in [-0.4, -0.2) is 39.9 Å². The number of fused-ring (bicyclic) bond motifs is 2. The Morgan fingerprint density at radius 2 is 2.12 bits per heavy atom. The number of pyridine rings is 1. The summed E-state index contributed by atoms with van der Waals surface area (Å²) in [6, 6.07) is 7.11. The Bertz CT molecular complexity index is 1020. The van der Waals surface area contributed by atoms with Gasteiger partial charge in [0, 0.05) is 30.4 Å². The number of rotatable bonds is 3. The fourth-order valence-corrected chi connectivity index (χ4v) is 3.81. The van der Waals surface area contributed by atoms with Gasteiger partial charge in [-0.2, -0.15) is 0 Å². The van der Waals surface area contributed by atoms with E-state index >= 15 is 0 Å². The van der Waals surface area contributed by atoms with Gasteiger partial charge in [-0.05, 0) is 43.0 Å². The van der Waals surface area contributed by atoms with Gasteiger partial charge in [-0.3, -0.25) is 9.20 Å². The number of benzene rings is 1. The predicted molar refractivity (Wildman–Crippen MR) is 94.9 cm³/mol. The molecule has 0 unspecified atom stereocenters. The molecule has 0 radical (unpaired) electrons. The van der Waals surface area contributed by atoms with Crippen molar-refractivity contribution in [2.24, 2.45) is 0 Å². The first-order chi connectivity index (χ1) is 12.7. The zero-order chi connectivity index (χ0) is 17.8. The summed E-state index contributed by atoms with van der Waals surface area (Å²) in [5.74, 6) is 0.339. The molecule has 1 fully saturated rings. The molecular formula is C20H18FN3O2. The number of carbonyl (C=O) groups is 1. The molecule has 5 rings (SSSR count). The van der Waals surface area contributed by atoms with Gasteiger partial charge in [0.05, 0.1) is 24.6 Å². The molecular weight excluding hydrogens is 333 g/mol. The van der Waals surface area contributed by atoms with Crippen LogP contribution in [0.4, 0.5) is 4.39 Å². The molecule has 3 heterocycles. The molecule has 0 saturated heterocycles. The maximum absolute atomic E-state index is 13.4. The first kappa shape index (κ1) is 15.4. The van der Waals surface area contributed by atoms with E-state index in [0.29, 0.717) is 23.0 Å². The van der Waals surface area contributed by atoms with Crippen molar-refractivity contribution in [3.05, 3.63) is 53.6 Å². The topological polar surface area (TPSA) is 46.8 Å². The number of hydrogen-bond donors (Lipinski definition) is 0. The van der Waals surface area contributed by atoms with Crippen LogP contribution in [0, 0.1) is 5.82 Å². The van der Waals surface area contributed by atoms with Gasteiger partial charge in [-0.15, -0.1) is 0 Å². The standard InChI is InChI=1S/C20H18FN3O2/c1-26-17-9-13(16-11-22-18-10-14(21)5-7-24(16)18)8-12-4-6-23(15-2-3-15)20(25)19(12)17/h5,7-11,15H,2-4,6H2,1H3. The molecule has 5 nitrogen and oxygen atoms in total. The molecule has 1 saturated carbocycles. The lowest BCUT2D eigenvalue weighted by molar-refractivity contribution is 0.0723. The Morgan fingerprint density at radius 3 is 2.88 bits per heavy atom. The van der Waals surface area contributed by atoms with Gasteiger partial charge in [-0.25, -0.2) is 9.37 Å². The van der Waals surface area contributed by atoms with Crippen LogP contribution in [-0.2, 0) is 6.42 Å². The maximum atomic E-state index is 13.4. The van der Waals surface area contributed by atoms with Crippen LogP contribution in [0.25, 0.3) is 16.9 Å². The smallest absolute Gasteiger partial charge is 0.258 e. The minimum atomic E-state index is -0.316. The van der Waals surface area contributed by atoms with Gasteiger partial charge in [0.2, 0.25) is 0 Å². The van der Waals surface area contributed by atoms with Crippen molar-refractivity contribution < 1.29 is 13.9 Å². The second kappa shape index (κ2) is 5.56. The normalized spacial score (nSPS) is 16.8. The Morgan fingerprint density at radius 1 is 1.27 bits per heavy atom. The van der Waals surface area contributed by atoms with E-state index in [0.717, 1.165) is 42.6 Å². The second-order valence-electron chi connectivity index (χ2n) is 6.91. The molecule has 0 spiro atoms. The van der Waals surface area contributed by atoms with Crippen molar-refractivity contribution in [1.82, 2.24) is 14.3 Å². The fourth-order valence-electron chi connectivity index (χ4n) is 3.81. The zero-order valence-electron chi connectivity index (χ0n) is 14.4. The number of imidazole rings is 1. The summed E-state index contributed by atoms with van der Waals surface area (Å²) in [7, 11) is 1.59. The molecule has 2 aliphatic rings. The molecule has 0 N–H and O–H groups in total. The Kier molecular flexibility index (Phi) is 3.29. The summed E-state index contributed by atoms with van der Waals surface area (Å²) in [5.41, 5.74) is 3.98. The predicted octanol–water partition coefficient (Wildman–Crippen LogP) is 3.31. The number of ether oxygens (including phenoxy) is 1. The van der Waals surface area contributed by atoms with Crippen LogP contribution < -0.4 is 4.74 Å². The van der Waals surface area contributed by atoms with Crippen molar-refractivity contribution in [3.8, 4) is 17.0 Å². The van der Waals surface area contributed by atoms with Gasteiger partial charge in [0.15, 0.2) is 0 Å². The average Bonchev–Trinajstić information content (AvgIpc) is 3.40. The van der Waals surface area contributed by atoms with Crippen LogP contribution in [0.5, 0.6) is 5.75 Å². The molecule has 1 aliphatic carbocycles. The number of amides is 1. The number of aromatic nitrogens is 2. The highest BCUT2D eigenvalue weighted by Gasteiger charge is 2.37. The van der Waals surface area contributed by atoms with E-state index in [1.807, 2.05) is 21.4 Å². The lowest BCUT2D eigenvalue weighted by Gasteiger charge is -2.30. The van der Waals surface area contributed by atoms with Gasteiger partial charge in [-0.1, -0.05) is 0 Å². The highest BCUT2D eigenvalue weighted by molar-refractivity contribution is 6.00. The largest absolute Gasteiger partial charge is 0.496 e. The van der Waals surface area contributed by atoms with Crippen LogP contribution in [0.15, 0.2) is 36.7 Å². The van der Waals surface area contributed by atoms with Crippen LogP contribution in [0.3, 0.4) is 0 Å². The first-order valence-electron chi connectivity index (χ1n) is 8.80. The van der Waals surface area contributed by atoms with Crippen LogP contribution in [0.1, 0.15) is 28.8 Å². The summed E-state index contributed by atoms with van der Waals surface area (Å²) >= 11 is 0.